The molecule has 0 saturated carbocycles. The van der Waals surface area contributed by atoms with Gasteiger partial charge in [0.2, 0.25) is 0 Å². The minimum absolute atomic E-state index is 0.269. The molecular weight excluding hydrogens is 1610 g/mol. The predicted molar refractivity (Wildman–Crippen MR) is 566 cm³/mol. The molecule has 0 atom stereocenters. The molecule has 0 amide bonds. The number of hydrogen-bond acceptors (Lipinski definition) is 0. The third-order valence-electron chi connectivity index (χ3n) is 52.5. The van der Waals surface area contributed by atoms with Crippen molar-refractivity contribution < 1.29 is 0 Å². The molecule has 0 unspecified atom stereocenters. The Morgan fingerprint density at radius 2 is 0.127 bits per heavy atom. The van der Waals surface area contributed by atoms with Gasteiger partial charge in [0.05, 0.1) is 0 Å². The SMILES string of the molecule is C1C2=C(CC3=C1CC14c5c6c7c8c9c%10c(c%11c%12c1c1c5c5c%13c6c6c7c7c9c9c%14c%10c%10c%11c%11c%12c%12c1c1c5c5c%13c%13c6c6c7c9c7c9c%14c%10c%10c%11c%11c%12c1c1c5c5c%13c6c7c6c9c%10c%11c1c56)C84C3)CC1=C(C2)CC23c4c5c6c7c8c9c(c%10c%11c2c2c4c4c%12c5c5c6c6c8c8c%13c9c9c%10c%10c%11c%11c2c2c4c4c%12c%12c5c5c6c8c6c8c%13c9c9c%10c%10c%11c2c2c4c4c%12c5c6c5c8c9c%10c2c45)C73C1. The highest BCUT2D eigenvalue weighted by Crippen LogP contribution is 2.92. The number of rotatable bonds is 0. The molecule has 12 aliphatic carbocycles. The molecule has 0 N–H and O–H groups in total. The number of hydrogen-bond donors (Lipinski definition) is 0. The third kappa shape index (κ3) is 2.54. The molecule has 56 aromatic rings. The van der Waals surface area contributed by atoms with Crippen LogP contribution in [0.1, 0.15) is 95.9 Å². The normalized spacial score (nSPS) is 24.4. The van der Waals surface area contributed by atoms with Crippen molar-refractivity contribution in [2.24, 2.45) is 0 Å². The summed E-state index contributed by atoms with van der Waals surface area (Å²) in [5.74, 6) is 0. The summed E-state index contributed by atoms with van der Waals surface area (Å²) in [6, 6.07) is 0. The predicted octanol–water partition coefficient (Wildman–Crippen LogP) is 36.7. The first-order valence-electron chi connectivity index (χ1n) is 51.4. The summed E-state index contributed by atoms with van der Waals surface area (Å²) in [5, 5.41) is 186. The molecule has 0 heteroatoms. The van der Waals surface area contributed by atoms with Crippen LogP contribution in [0.4, 0.5) is 0 Å². The van der Waals surface area contributed by atoms with Crippen LogP contribution in [0, 0.1) is 0 Å². The minimum atomic E-state index is -0.269. The summed E-state index contributed by atoms with van der Waals surface area (Å²) < 4.78 is 0. The van der Waals surface area contributed by atoms with E-state index < -0.39 is 0 Å². The number of allylic oxidation sites excluding steroid dienone is 6. The highest BCUT2D eigenvalue weighted by Gasteiger charge is 2.75. The number of benzene rings is 36. The van der Waals surface area contributed by atoms with Crippen molar-refractivity contribution >= 4 is 582 Å². The van der Waals surface area contributed by atoms with Crippen LogP contribution in [-0.4, -0.2) is 0 Å². The van der Waals surface area contributed by atoms with E-state index in [0.29, 0.717) is 0 Å². The van der Waals surface area contributed by atoms with Crippen LogP contribution >= 0.6 is 0 Å². The zero-order chi connectivity index (χ0) is 78.1. The molecule has 552 valence electrons. The first-order valence-corrected chi connectivity index (χ1v) is 51.4. The lowest BCUT2D eigenvalue weighted by atomic mass is 9.41. The van der Waals surface area contributed by atoms with E-state index in [4.69, 9.17) is 0 Å². The lowest BCUT2D eigenvalue weighted by molar-refractivity contribution is 0.283. The molecule has 0 aromatic heterocycles. The van der Waals surface area contributed by atoms with E-state index in [-0.39, 0.29) is 21.7 Å². The molecule has 0 bridgehead atoms. The lowest BCUT2D eigenvalue weighted by Gasteiger charge is -2.59. The summed E-state index contributed by atoms with van der Waals surface area (Å²) in [5.41, 5.74) is 25.3. The van der Waals surface area contributed by atoms with Crippen LogP contribution in [-0.2, 0) is 21.7 Å². The van der Waals surface area contributed by atoms with E-state index in [1.54, 1.807) is 582 Å². The second-order valence-electron chi connectivity index (χ2n) is 52.2. The molecule has 0 saturated heterocycles. The van der Waals surface area contributed by atoms with Gasteiger partial charge in [-0.05, 0) is 678 Å². The Kier molecular flexibility index (Phi) is 3.90. The Bertz CT molecular complexity index is 14200. The minimum Gasteiger partial charge on any atom is -0.0653 e. The molecule has 4 spiro atoms. The van der Waals surface area contributed by atoms with E-state index in [9.17, 15) is 0 Å². The average molecular weight is 1630 g/mol. The topological polar surface area (TPSA) is 0 Å². The summed E-state index contributed by atoms with van der Waals surface area (Å²) in [6.45, 7) is 0. The van der Waals surface area contributed by atoms with Crippen molar-refractivity contribution in [2.45, 2.75) is 73.0 Å². The van der Waals surface area contributed by atoms with Crippen molar-refractivity contribution in [2.75, 3.05) is 0 Å². The van der Waals surface area contributed by atoms with Gasteiger partial charge < -0.3 is 0 Å². The maximum Gasteiger partial charge on any atom is 0.0406 e. The first-order chi connectivity index (χ1) is 66.8. The molecule has 0 aliphatic heterocycles. The lowest BCUT2D eigenvalue weighted by Crippen LogP contribution is -2.55. The standard InChI is InChI=1S/C134H16/c1-9-2-13-7-133-127-111-95-75-55-39-23-17-18-25-33-31(23)47-61-49(33)69-57-41(25)42-26(18)34-32-24(17)40(39)56-68-48(32)62-50(34)70-58(42)78-77(57)97-85(69)105-89(61)103(83(95)67(47)55)119(127)121(105)129-113(97)114-98(78)86(70)106-90(62)104-84(68)96(76(56)75)112(111)128(133)120(104)122(106)130(114)134(129,133)8-14(13)4-10(9)3-12-6-132-125-109-93-73-53-37-21-16-15-19-27-29(21)45-59-43(27)63-51-35(19)36-20(15)28-30-22(16)38(37)54-66-46(30)60-44(28)64-52(36)72-71(51)91-79(63)99-87(59)101(81(93)65(45)53)117(125)115(99)123-107(91)108-92(72)80(64)100-88(60)102-82(66)94(74(54)73)110(109)126(132)118(102)116(100)124(108)131(123,132)5-11(1)12/h1-8H2. The Balaban J connectivity index is 0.526. The highest BCUT2D eigenvalue weighted by atomic mass is 14.8. The molecule has 0 radical (unpaired) electrons. The van der Waals surface area contributed by atoms with Gasteiger partial charge in [-0.3, -0.25) is 0 Å². The van der Waals surface area contributed by atoms with Crippen LogP contribution < -0.4 is 0 Å². The van der Waals surface area contributed by atoms with Crippen LogP contribution in [0.25, 0.3) is 582 Å². The monoisotopic (exact) mass is 1620 g/mol. The van der Waals surface area contributed by atoms with Gasteiger partial charge in [-0.1, -0.05) is 33.4 Å². The van der Waals surface area contributed by atoms with Gasteiger partial charge in [0.1, 0.15) is 0 Å². The first kappa shape index (κ1) is 48.3. The van der Waals surface area contributed by atoms with Gasteiger partial charge in [0.15, 0.2) is 0 Å². The molecule has 0 fully saturated rings. The van der Waals surface area contributed by atoms with Crippen LogP contribution in [0.5, 0.6) is 0 Å². The summed E-state index contributed by atoms with van der Waals surface area (Å²) in [4.78, 5) is 0. The zero-order valence-corrected chi connectivity index (χ0v) is 68.7. The Morgan fingerprint density at radius 1 is 0.0672 bits per heavy atom. The van der Waals surface area contributed by atoms with Crippen molar-refractivity contribution in [3.8, 4) is 0 Å². The molecule has 134 heavy (non-hydrogen) atoms. The van der Waals surface area contributed by atoms with E-state index in [2.05, 4.69) is 0 Å². The molecule has 56 aromatic carbocycles. The van der Waals surface area contributed by atoms with Crippen LogP contribution in [0.2, 0.25) is 0 Å². The van der Waals surface area contributed by atoms with E-state index in [1.807, 2.05) is 77.9 Å². The highest BCUT2D eigenvalue weighted by molar-refractivity contribution is 6.88. The second kappa shape index (κ2) is 10.8. The molecular formula is C134H16. The summed E-state index contributed by atoms with van der Waals surface area (Å²) in [6.07, 6.45) is 9.31. The third-order valence-corrected chi connectivity index (χ3v) is 52.5. The van der Waals surface area contributed by atoms with E-state index in [0.717, 1.165) is 25.7 Å². The fraction of sp³-hybridized carbons (Fsp3) is 0.0896. The fourth-order valence-corrected chi connectivity index (χ4v) is 52.6. The van der Waals surface area contributed by atoms with Gasteiger partial charge >= 0.3 is 0 Å². The average Bonchev–Trinajstić information content (AvgIpc) is 1.38. The van der Waals surface area contributed by atoms with Crippen molar-refractivity contribution in [3.63, 3.8) is 0 Å². The van der Waals surface area contributed by atoms with Gasteiger partial charge in [-0.2, -0.15) is 0 Å². The maximum atomic E-state index is 1.90. The molecule has 0 nitrogen and oxygen atoms in total. The van der Waals surface area contributed by atoms with E-state index >= 15 is 0 Å². The van der Waals surface area contributed by atoms with Crippen molar-refractivity contribution in [3.05, 3.63) is 77.9 Å². The Labute approximate surface area is 727 Å². The Morgan fingerprint density at radius 3 is 0.194 bits per heavy atom. The molecule has 12 aliphatic rings. The van der Waals surface area contributed by atoms with Crippen LogP contribution in [0.15, 0.2) is 33.4 Å². The van der Waals surface area contributed by atoms with Gasteiger partial charge in [0, 0.05) is 21.7 Å². The molecule has 0 heterocycles. The second-order valence-corrected chi connectivity index (χ2v) is 52.2. The smallest absolute Gasteiger partial charge is 0.0406 e. The molecule has 68 rings (SSSR count). The van der Waals surface area contributed by atoms with Crippen molar-refractivity contribution in [1.82, 2.24) is 0 Å². The fourth-order valence-electron chi connectivity index (χ4n) is 52.6. The van der Waals surface area contributed by atoms with Crippen LogP contribution in [0.3, 0.4) is 0 Å². The zero-order valence-electron chi connectivity index (χ0n) is 68.7. The summed E-state index contributed by atoms with van der Waals surface area (Å²) >= 11 is 0. The van der Waals surface area contributed by atoms with E-state index in [1.165, 1.54) is 25.7 Å². The van der Waals surface area contributed by atoms with Gasteiger partial charge in [-0.15, -0.1) is 0 Å². The maximum absolute atomic E-state index is 1.90. The quantitative estimate of drug-likeness (QED) is 0.105. The largest absolute Gasteiger partial charge is 0.0653 e. The van der Waals surface area contributed by atoms with Crippen molar-refractivity contribution in [1.29, 1.82) is 0 Å². The van der Waals surface area contributed by atoms with Gasteiger partial charge in [-0.25, -0.2) is 0 Å². The Hall–Kier alpha value is -15.9. The van der Waals surface area contributed by atoms with Gasteiger partial charge in [0.25, 0.3) is 0 Å². The summed E-state index contributed by atoms with van der Waals surface area (Å²) in [7, 11) is 0.